The van der Waals surface area contributed by atoms with Gasteiger partial charge in [0.15, 0.2) is 5.82 Å². The molecule has 1 aliphatic rings. The molecule has 31 heavy (non-hydrogen) atoms. The molecule has 1 aromatic carbocycles. The highest BCUT2D eigenvalue weighted by atomic mass is 16.1. The Hall–Kier alpha value is -2.44. The van der Waals surface area contributed by atoms with Crippen molar-refractivity contribution in [2.24, 2.45) is 5.73 Å². The molecule has 2 aromatic heterocycles. The van der Waals surface area contributed by atoms with E-state index in [-0.39, 0.29) is 11.6 Å². The first-order valence-electron chi connectivity index (χ1n) is 11.8. The summed E-state index contributed by atoms with van der Waals surface area (Å²) >= 11 is 0. The third-order valence-electron chi connectivity index (χ3n) is 6.61. The Balaban J connectivity index is 1.80. The van der Waals surface area contributed by atoms with Crippen molar-refractivity contribution >= 4 is 5.52 Å². The molecule has 1 fully saturated rings. The second kappa shape index (κ2) is 10.2. The zero-order valence-electron chi connectivity index (χ0n) is 18.6. The van der Waals surface area contributed by atoms with Gasteiger partial charge in [-0.1, -0.05) is 56.5 Å². The van der Waals surface area contributed by atoms with Crippen LogP contribution in [-0.2, 0) is 6.54 Å². The second-order valence-electron chi connectivity index (χ2n) is 8.67. The predicted molar refractivity (Wildman–Crippen MR) is 125 cm³/mol. The summed E-state index contributed by atoms with van der Waals surface area (Å²) in [5.74, 6) is 0.864. The fraction of sp³-hybridized carbons (Fsp3) is 0.520. The van der Waals surface area contributed by atoms with Crippen LogP contribution in [0.4, 0.5) is 0 Å². The summed E-state index contributed by atoms with van der Waals surface area (Å²) in [6.07, 6.45) is 10.1. The highest BCUT2D eigenvalue weighted by molar-refractivity contribution is 5.44. The van der Waals surface area contributed by atoms with Gasteiger partial charge in [-0.2, -0.15) is 5.10 Å². The van der Waals surface area contributed by atoms with Gasteiger partial charge in [-0.3, -0.25) is 14.3 Å². The lowest BCUT2D eigenvalue weighted by Crippen LogP contribution is -2.43. The lowest BCUT2D eigenvalue weighted by Gasteiger charge is -2.40. The first-order valence-corrected chi connectivity index (χ1v) is 11.8. The van der Waals surface area contributed by atoms with Crippen molar-refractivity contribution in [2.45, 2.75) is 70.5 Å². The lowest BCUT2D eigenvalue weighted by atomic mass is 9.92. The Morgan fingerprint density at radius 3 is 2.61 bits per heavy atom. The minimum absolute atomic E-state index is 0.0275. The van der Waals surface area contributed by atoms with E-state index in [0.29, 0.717) is 24.6 Å². The topological polar surface area (TPSA) is 68.6 Å². The van der Waals surface area contributed by atoms with Crippen molar-refractivity contribution in [3.05, 3.63) is 70.4 Å². The average Bonchev–Trinajstić information content (AvgIpc) is 3.29. The smallest absolute Gasteiger partial charge is 0.278 e. The van der Waals surface area contributed by atoms with E-state index in [1.807, 2.05) is 41.1 Å². The number of nitrogens with two attached hydrogens (primary N) is 1. The van der Waals surface area contributed by atoms with Gasteiger partial charge in [0, 0.05) is 18.8 Å². The minimum atomic E-state index is 0.0275. The van der Waals surface area contributed by atoms with Gasteiger partial charge in [0.25, 0.3) is 5.56 Å². The molecule has 0 radical (unpaired) electrons. The summed E-state index contributed by atoms with van der Waals surface area (Å²) < 4.78 is 3.65. The zero-order chi connectivity index (χ0) is 21.6. The second-order valence-corrected chi connectivity index (χ2v) is 8.67. The highest BCUT2D eigenvalue weighted by Crippen LogP contribution is 2.31. The molecule has 0 bridgehead atoms. The molecule has 6 heteroatoms. The normalized spacial score (nSPS) is 16.2. The maximum absolute atomic E-state index is 13.5. The van der Waals surface area contributed by atoms with E-state index >= 15 is 0 Å². The molecule has 0 amide bonds. The number of aromatic nitrogens is 3. The largest absolute Gasteiger partial charge is 0.330 e. The van der Waals surface area contributed by atoms with Crippen molar-refractivity contribution in [1.29, 1.82) is 0 Å². The molecule has 0 aliphatic heterocycles. The maximum Gasteiger partial charge on any atom is 0.278 e. The number of hydrogen-bond donors (Lipinski definition) is 1. The van der Waals surface area contributed by atoms with Gasteiger partial charge < -0.3 is 5.73 Å². The maximum atomic E-state index is 13.5. The highest BCUT2D eigenvalue weighted by Gasteiger charge is 2.31. The van der Waals surface area contributed by atoms with Gasteiger partial charge in [0.05, 0.1) is 12.6 Å². The standard InChI is InChI=1S/C25H35N5O/c1-2-22(28(17-10-16-26)21-13-7-4-8-14-21)24-27-30-18-9-15-23(30)25(31)29(24)19-20-11-5-3-6-12-20/h3,5-6,9,11-12,15,18,21-22H,2,4,7-8,10,13-14,16-17,19,26H2,1H3. The molecule has 1 saturated carbocycles. The monoisotopic (exact) mass is 421 g/mol. The number of benzene rings is 1. The molecule has 0 spiro atoms. The van der Waals surface area contributed by atoms with Crippen molar-refractivity contribution in [1.82, 2.24) is 19.1 Å². The molecule has 4 rings (SSSR count). The molecular formula is C25H35N5O. The molecule has 166 valence electrons. The van der Waals surface area contributed by atoms with Gasteiger partial charge in [0.1, 0.15) is 5.52 Å². The van der Waals surface area contributed by atoms with Gasteiger partial charge in [-0.25, -0.2) is 4.52 Å². The first kappa shape index (κ1) is 21.8. The fourth-order valence-corrected chi connectivity index (χ4v) is 5.05. The SMILES string of the molecule is CCC(c1nn2cccc2c(=O)n1Cc1ccccc1)N(CCCN)C1CCCCC1. The molecule has 3 aromatic rings. The number of rotatable bonds is 9. The summed E-state index contributed by atoms with van der Waals surface area (Å²) in [6.45, 7) is 4.38. The molecule has 2 N–H and O–H groups in total. The summed E-state index contributed by atoms with van der Waals surface area (Å²) in [5.41, 5.74) is 7.67. The van der Waals surface area contributed by atoms with Crippen LogP contribution in [0.3, 0.4) is 0 Å². The first-order chi connectivity index (χ1) is 15.2. The van der Waals surface area contributed by atoms with Crippen LogP contribution in [0.25, 0.3) is 5.52 Å². The Kier molecular flexibility index (Phi) is 7.20. The van der Waals surface area contributed by atoms with Crippen LogP contribution in [-0.4, -0.2) is 38.2 Å². The van der Waals surface area contributed by atoms with E-state index in [2.05, 4.69) is 24.0 Å². The average molecular weight is 422 g/mol. The molecule has 0 saturated heterocycles. The van der Waals surface area contributed by atoms with Crippen LogP contribution in [0.15, 0.2) is 53.5 Å². The third kappa shape index (κ3) is 4.75. The van der Waals surface area contributed by atoms with Crippen LogP contribution in [0, 0.1) is 0 Å². The molecular weight excluding hydrogens is 386 g/mol. The summed E-state index contributed by atoms with van der Waals surface area (Å²) in [7, 11) is 0. The molecule has 2 heterocycles. The zero-order valence-corrected chi connectivity index (χ0v) is 18.6. The van der Waals surface area contributed by atoms with Gasteiger partial charge >= 0.3 is 0 Å². The van der Waals surface area contributed by atoms with Crippen LogP contribution >= 0.6 is 0 Å². The van der Waals surface area contributed by atoms with E-state index in [4.69, 9.17) is 10.8 Å². The van der Waals surface area contributed by atoms with Gasteiger partial charge in [-0.05, 0) is 49.9 Å². The number of hydrogen-bond acceptors (Lipinski definition) is 4. The molecule has 1 atom stereocenters. The minimum Gasteiger partial charge on any atom is -0.330 e. The summed E-state index contributed by atoms with van der Waals surface area (Å²) in [4.78, 5) is 16.1. The molecule has 1 aliphatic carbocycles. The van der Waals surface area contributed by atoms with Crippen LogP contribution in [0.2, 0.25) is 0 Å². The fourth-order valence-electron chi connectivity index (χ4n) is 5.05. The van der Waals surface area contributed by atoms with E-state index < -0.39 is 0 Å². The van der Waals surface area contributed by atoms with E-state index in [1.54, 1.807) is 4.52 Å². The number of nitrogens with zero attached hydrogens (tertiary/aromatic N) is 4. The molecule has 6 nitrogen and oxygen atoms in total. The lowest BCUT2D eigenvalue weighted by molar-refractivity contribution is 0.0912. The van der Waals surface area contributed by atoms with Crippen molar-refractivity contribution in [3.8, 4) is 0 Å². The Labute approximate surface area is 184 Å². The van der Waals surface area contributed by atoms with Crippen molar-refractivity contribution < 1.29 is 0 Å². The summed E-state index contributed by atoms with van der Waals surface area (Å²) in [5, 5.41) is 4.99. The van der Waals surface area contributed by atoms with Gasteiger partial charge in [0.2, 0.25) is 0 Å². The van der Waals surface area contributed by atoms with Crippen molar-refractivity contribution in [2.75, 3.05) is 13.1 Å². The third-order valence-corrected chi connectivity index (χ3v) is 6.61. The Bertz CT molecular complexity index is 1020. The van der Waals surface area contributed by atoms with Crippen LogP contribution in [0.5, 0.6) is 0 Å². The van der Waals surface area contributed by atoms with E-state index in [0.717, 1.165) is 30.8 Å². The van der Waals surface area contributed by atoms with Crippen LogP contribution < -0.4 is 11.3 Å². The molecule has 1 unspecified atom stereocenters. The van der Waals surface area contributed by atoms with E-state index in [9.17, 15) is 4.79 Å². The van der Waals surface area contributed by atoms with E-state index in [1.165, 1.54) is 32.1 Å². The van der Waals surface area contributed by atoms with Crippen LogP contribution in [0.1, 0.15) is 69.3 Å². The number of fused-ring (bicyclic) bond motifs is 1. The Morgan fingerprint density at radius 1 is 1.13 bits per heavy atom. The predicted octanol–water partition coefficient (Wildman–Crippen LogP) is 3.98. The Morgan fingerprint density at radius 2 is 1.90 bits per heavy atom. The quantitative estimate of drug-likeness (QED) is 0.567. The van der Waals surface area contributed by atoms with Crippen molar-refractivity contribution in [3.63, 3.8) is 0 Å². The summed E-state index contributed by atoms with van der Waals surface area (Å²) in [6, 6.07) is 14.6. The van der Waals surface area contributed by atoms with Gasteiger partial charge in [-0.15, -0.1) is 0 Å².